The predicted octanol–water partition coefficient (Wildman–Crippen LogP) is 5.18. The third-order valence-electron chi connectivity index (χ3n) is 6.00. The molecule has 0 N–H and O–H groups in total. The summed E-state index contributed by atoms with van der Waals surface area (Å²) in [6.45, 7) is 0.797. The maximum atomic E-state index is 13.6. The van der Waals surface area contributed by atoms with Crippen LogP contribution in [0.15, 0.2) is 65.5 Å². The molecule has 0 saturated heterocycles. The van der Waals surface area contributed by atoms with Crippen molar-refractivity contribution in [3.8, 4) is 0 Å². The average Bonchev–Trinajstić information content (AvgIpc) is 2.84. The largest absolute Gasteiger partial charge is 0.434 e. The summed E-state index contributed by atoms with van der Waals surface area (Å²) in [6.07, 6.45) is -17.8. The summed E-state index contributed by atoms with van der Waals surface area (Å²) < 4.78 is 82.2. The van der Waals surface area contributed by atoms with Gasteiger partial charge in [-0.15, -0.1) is 0 Å². The lowest BCUT2D eigenvalue weighted by Gasteiger charge is -2.31. The Labute approximate surface area is 207 Å². The third-order valence-corrected chi connectivity index (χ3v) is 6.00. The molecule has 0 atom stereocenters. The number of fused-ring (bicyclic) bond motifs is 1. The second-order valence-corrected chi connectivity index (χ2v) is 8.50. The maximum absolute atomic E-state index is 13.6. The molecule has 1 amide bonds. The van der Waals surface area contributed by atoms with Gasteiger partial charge in [-0.1, -0.05) is 60.7 Å². The highest BCUT2D eigenvalue weighted by Crippen LogP contribution is 2.36. The molecular formula is C25H21F6N3O3. The molecule has 4 rings (SSSR count). The highest BCUT2D eigenvalue weighted by atomic mass is 19.4. The lowest BCUT2D eigenvalue weighted by atomic mass is 9.97. The summed E-state index contributed by atoms with van der Waals surface area (Å²) in [4.78, 5) is 31.0. The molecule has 37 heavy (non-hydrogen) atoms. The van der Waals surface area contributed by atoms with Crippen LogP contribution in [0.3, 0.4) is 0 Å². The molecule has 2 aromatic carbocycles. The fourth-order valence-electron chi connectivity index (χ4n) is 4.34. The standard InChI is InChI=1S/C25H21F6N3O3/c1-15-32-19-14-33(23(36)37-22(24(26,27)28)25(29,30)31)13-12-18(19)21(35)34(15)20(16-8-4-2-5-9-16)17-10-6-3-7-11-17/h2-11,20,22H,12-14H2,1H3. The average molecular weight is 525 g/mol. The van der Waals surface area contributed by atoms with Crippen LogP contribution >= 0.6 is 0 Å². The third kappa shape index (κ3) is 5.47. The molecule has 0 radical (unpaired) electrons. The topological polar surface area (TPSA) is 64.4 Å². The molecule has 6 nitrogen and oxygen atoms in total. The monoisotopic (exact) mass is 525 g/mol. The van der Waals surface area contributed by atoms with E-state index in [-0.39, 0.29) is 30.0 Å². The number of aryl methyl sites for hydroxylation is 1. The van der Waals surface area contributed by atoms with E-state index in [1.165, 1.54) is 4.57 Å². The number of benzene rings is 2. The summed E-state index contributed by atoms with van der Waals surface area (Å²) in [5.74, 6) is 0.264. The van der Waals surface area contributed by atoms with Gasteiger partial charge < -0.3 is 9.64 Å². The van der Waals surface area contributed by atoms with E-state index >= 15 is 0 Å². The minimum atomic E-state index is -5.83. The van der Waals surface area contributed by atoms with Crippen LogP contribution in [-0.2, 0) is 17.7 Å². The summed E-state index contributed by atoms with van der Waals surface area (Å²) in [7, 11) is 0. The van der Waals surface area contributed by atoms with Crippen molar-refractivity contribution in [3.05, 3.63) is 99.2 Å². The van der Waals surface area contributed by atoms with Gasteiger partial charge in [-0.05, 0) is 24.5 Å². The van der Waals surface area contributed by atoms with Gasteiger partial charge >= 0.3 is 18.4 Å². The highest BCUT2D eigenvalue weighted by molar-refractivity contribution is 5.68. The van der Waals surface area contributed by atoms with Crippen molar-refractivity contribution < 1.29 is 35.9 Å². The Morgan fingerprint density at radius 2 is 1.43 bits per heavy atom. The smallest absolute Gasteiger partial charge is 0.426 e. The summed E-state index contributed by atoms with van der Waals surface area (Å²) in [5, 5.41) is 0. The van der Waals surface area contributed by atoms with Crippen molar-refractivity contribution in [3.63, 3.8) is 0 Å². The Morgan fingerprint density at radius 3 is 1.92 bits per heavy atom. The molecular weight excluding hydrogens is 504 g/mol. The zero-order chi connectivity index (χ0) is 27.0. The summed E-state index contributed by atoms with van der Waals surface area (Å²) in [5.41, 5.74) is 1.54. The van der Waals surface area contributed by atoms with Gasteiger partial charge in [0.05, 0.1) is 18.3 Å². The van der Waals surface area contributed by atoms with E-state index < -0.39 is 42.7 Å². The van der Waals surface area contributed by atoms with E-state index in [1.807, 2.05) is 60.7 Å². The zero-order valence-electron chi connectivity index (χ0n) is 19.4. The minimum Gasteiger partial charge on any atom is -0.426 e. The maximum Gasteiger partial charge on any atom is 0.434 e. The Bertz CT molecular complexity index is 1270. The van der Waals surface area contributed by atoms with E-state index in [1.54, 1.807) is 6.92 Å². The lowest BCUT2D eigenvalue weighted by Crippen LogP contribution is -2.49. The number of rotatable bonds is 4. The molecule has 0 unspecified atom stereocenters. The van der Waals surface area contributed by atoms with Crippen LogP contribution in [0.2, 0.25) is 0 Å². The Kier molecular flexibility index (Phi) is 7.03. The second-order valence-electron chi connectivity index (χ2n) is 8.50. The first kappa shape index (κ1) is 26.2. The number of carbonyl (C=O) groups is 1. The first-order valence-electron chi connectivity index (χ1n) is 11.2. The van der Waals surface area contributed by atoms with Gasteiger partial charge in [0.25, 0.3) is 11.7 Å². The van der Waals surface area contributed by atoms with E-state index in [2.05, 4.69) is 9.72 Å². The number of alkyl halides is 6. The van der Waals surface area contributed by atoms with Crippen LogP contribution in [0, 0.1) is 6.92 Å². The van der Waals surface area contributed by atoms with Gasteiger partial charge in [-0.3, -0.25) is 9.36 Å². The Balaban J connectivity index is 1.68. The quantitative estimate of drug-likeness (QED) is 0.441. The number of carbonyl (C=O) groups excluding carboxylic acids is 1. The van der Waals surface area contributed by atoms with Crippen LogP contribution < -0.4 is 5.56 Å². The molecule has 2 heterocycles. The molecule has 1 aliphatic rings. The van der Waals surface area contributed by atoms with Crippen LogP contribution in [0.4, 0.5) is 31.1 Å². The molecule has 0 bridgehead atoms. The van der Waals surface area contributed by atoms with E-state index in [9.17, 15) is 35.9 Å². The van der Waals surface area contributed by atoms with Crippen molar-refractivity contribution in [1.82, 2.24) is 14.5 Å². The lowest BCUT2D eigenvalue weighted by molar-refractivity contribution is -0.308. The molecule has 196 valence electrons. The number of ether oxygens (including phenoxy) is 1. The van der Waals surface area contributed by atoms with Gasteiger partial charge in [-0.25, -0.2) is 9.78 Å². The SMILES string of the molecule is Cc1nc2c(c(=O)n1C(c1ccccc1)c1ccccc1)CCN(C(=O)OC(C(F)(F)F)C(F)(F)F)C2. The number of halogens is 6. The van der Waals surface area contributed by atoms with Gasteiger partial charge in [0.15, 0.2) is 0 Å². The molecule has 1 aromatic heterocycles. The van der Waals surface area contributed by atoms with E-state index in [0.29, 0.717) is 4.90 Å². The number of aromatic nitrogens is 2. The number of hydrogen-bond acceptors (Lipinski definition) is 4. The molecule has 1 aliphatic heterocycles. The molecule has 0 fully saturated rings. The molecule has 0 spiro atoms. The fraction of sp³-hybridized carbons (Fsp3) is 0.320. The van der Waals surface area contributed by atoms with Crippen molar-refractivity contribution in [2.24, 2.45) is 0 Å². The van der Waals surface area contributed by atoms with Gasteiger partial charge in [0.1, 0.15) is 5.82 Å². The highest BCUT2D eigenvalue weighted by Gasteiger charge is 2.60. The van der Waals surface area contributed by atoms with Gasteiger partial charge in [0, 0.05) is 12.1 Å². The van der Waals surface area contributed by atoms with Crippen molar-refractivity contribution in [1.29, 1.82) is 0 Å². The van der Waals surface area contributed by atoms with Crippen molar-refractivity contribution >= 4 is 6.09 Å². The van der Waals surface area contributed by atoms with Crippen LogP contribution in [-0.4, -0.2) is 45.5 Å². The van der Waals surface area contributed by atoms with Crippen LogP contribution in [0.25, 0.3) is 0 Å². The normalized spacial score (nSPS) is 14.1. The van der Waals surface area contributed by atoms with Crippen molar-refractivity contribution in [2.75, 3.05) is 6.54 Å². The first-order chi connectivity index (χ1) is 17.4. The zero-order valence-corrected chi connectivity index (χ0v) is 19.4. The number of hydrogen-bond donors (Lipinski definition) is 0. The summed E-state index contributed by atoms with van der Waals surface area (Å²) in [6, 6.07) is 17.9. The van der Waals surface area contributed by atoms with E-state index in [0.717, 1.165) is 11.1 Å². The second kappa shape index (κ2) is 9.91. The molecule has 0 saturated carbocycles. The Hall–Kier alpha value is -3.83. The molecule has 12 heteroatoms. The fourth-order valence-corrected chi connectivity index (χ4v) is 4.34. The minimum absolute atomic E-state index is 0.0948. The number of nitrogens with zero attached hydrogens (tertiary/aromatic N) is 3. The van der Waals surface area contributed by atoms with Crippen molar-refractivity contribution in [2.45, 2.75) is 44.4 Å². The van der Waals surface area contributed by atoms with Crippen LogP contribution in [0.1, 0.15) is 34.3 Å². The first-order valence-corrected chi connectivity index (χ1v) is 11.2. The van der Waals surface area contributed by atoms with Crippen LogP contribution in [0.5, 0.6) is 0 Å². The van der Waals surface area contributed by atoms with Gasteiger partial charge in [0.2, 0.25) is 0 Å². The predicted molar refractivity (Wildman–Crippen MR) is 120 cm³/mol. The summed E-state index contributed by atoms with van der Waals surface area (Å²) >= 11 is 0. The molecule has 0 aliphatic carbocycles. The van der Waals surface area contributed by atoms with E-state index in [4.69, 9.17) is 0 Å². The number of amides is 1. The molecule has 3 aromatic rings. The Morgan fingerprint density at radius 1 is 0.919 bits per heavy atom. The van der Waals surface area contributed by atoms with Gasteiger partial charge in [-0.2, -0.15) is 26.3 Å².